The number of benzene rings is 1. The molecule has 2 rings (SSSR count). The number of aryl methyl sites for hydroxylation is 1. The predicted octanol–water partition coefficient (Wildman–Crippen LogP) is 2.78. The van der Waals surface area contributed by atoms with Gasteiger partial charge < -0.3 is 14.5 Å². The minimum atomic E-state index is -0.216. The van der Waals surface area contributed by atoms with Gasteiger partial charge in [-0.15, -0.1) is 0 Å². The second-order valence-corrected chi connectivity index (χ2v) is 5.99. The van der Waals surface area contributed by atoms with Crippen LogP contribution >= 0.6 is 0 Å². The zero-order valence-electron chi connectivity index (χ0n) is 14.8. The van der Waals surface area contributed by atoms with Crippen molar-refractivity contribution in [3.8, 4) is 5.75 Å². The van der Waals surface area contributed by atoms with E-state index in [1.807, 2.05) is 62.2 Å². The fraction of sp³-hybridized carbons (Fsp3) is 0.421. The van der Waals surface area contributed by atoms with Crippen molar-refractivity contribution in [2.24, 2.45) is 0 Å². The Balaban J connectivity index is 1.76. The van der Waals surface area contributed by atoms with Crippen molar-refractivity contribution in [1.29, 1.82) is 0 Å². The number of hydrogen-bond donors (Lipinski definition) is 1. The summed E-state index contributed by atoms with van der Waals surface area (Å²) in [5.41, 5.74) is 1.17. The number of nitrogens with zero attached hydrogens (tertiary/aromatic N) is 1. The van der Waals surface area contributed by atoms with Crippen LogP contribution in [0.3, 0.4) is 0 Å². The van der Waals surface area contributed by atoms with Gasteiger partial charge in [-0.2, -0.15) is 0 Å². The van der Waals surface area contributed by atoms with E-state index in [4.69, 9.17) is 9.15 Å². The van der Waals surface area contributed by atoms with Crippen molar-refractivity contribution in [2.75, 3.05) is 20.7 Å². The maximum absolute atomic E-state index is 12.3. The molecule has 0 saturated carbocycles. The minimum Gasteiger partial charge on any atom is -0.497 e. The van der Waals surface area contributed by atoms with E-state index in [0.29, 0.717) is 13.1 Å². The first kappa shape index (κ1) is 18.1. The van der Waals surface area contributed by atoms with E-state index in [0.717, 1.165) is 23.7 Å². The van der Waals surface area contributed by atoms with Crippen LogP contribution in [0, 0.1) is 6.92 Å². The van der Waals surface area contributed by atoms with E-state index in [9.17, 15) is 4.79 Å². The molecular weight excluding hydrogens is 304 g/mol. The molecule has 5 heteroatoms. The van der Waals surface area contributed by atoms with E-state index in [-0.39, 0.29) is 11.9 Å². The summed E-state index contributed by atoms with van der Waals surface area (Å²) in [6.45, 7) is 5.04. The van der Waals surface area contributed by atoms with E-state index in [2.05, 4.69) is 5.32 Å². The van der Waals surface area contributed by atoms with Crippen LogP contribution < -0.4 is 10.1 Å². The highest BCUT2D eigenvalue weighted by Gasteiger charge is 2.18. The van der Waals surface area contributed by atoms with Gasteiger partial charge in [-0.05, 0) is 57.1 Å². The van der Waals surface area contributed by atoms with E-state index in [1.165, 1.54) is 5.56 Å². The largest absolute Gasteiger partial charge is 0.497 e. The second-order valence-electron chi connectivity index (χ2n) is 5.99. The summed E-state index contributed by atoms with van der Waals surface area (Å²) in [5, 5.41) is 2.99. The van der Waals surface area contributed by atoms with Crippen LogP contribution in [0.1, 0.15) is 24.0 Å². The molecule has 130 valence electrons. The van der Waals surface area contributed by atoms with Crippen LogP contribution in [0.2, 0.25) is 0 Å². The molecule has 0 bridgehead atoms. The fourth-order valence-corrected chi connectivity index (χ4v) is 2.42. The molecule has 0 aliphatic rings. The number of carbonyl (C=O) groups is 1. The van der Waals surface area contributed by atoms with Gasteiger partial charge in [-0.1, -0.05) is 12.1 Å². The number of carbonyl (C=O) groups excluding carboxylic acids is 1. The van der Waals surface area contributed by atoms with Gasteiger partial charge in [0, 0.05) is 6.54 Å². The van der Waals surface area contributed by atoms with Crippen LogP contribution in [-0.4, -0.2) is 37.6 Å². The molecule has 2 aromatic rings. The van der Waals surface area contributed by atoms with Crippen LogP contribution in [0.5, 0.6) is 5.75 Å². The standard InChI is InChI=1S/C19H26N2O3/c1-14-5-8-18(24-14)13-21(3)15(2)19(22)20-12-11-16-6-9-17(23-4)10-7-16/h5-10,15H,11-13H2,1-4H3,(H,20,22). The van der Waals surface area contributed by atoms with Gasteiger partial charge in [0.15, 0.2) is 0 Å². The number of nitrogens with one attached hydrogen (secondary N) is 1. The highest BCUT2D eigenvalue weighted by molar-refractivity contribution is 5.81. The molecule has 1 heterocycles. The zero-order chi connectivity index (χ0) is 17.5. The Bertz CT molecular complexity index is 649. The maximum Gasteiger partial charge on any atom is 0.237 e. The monoisotopic (exact) mass is 330 g/mol. The minimum absolute atomic E-state index is 0.0225. The lowest BCUT2D eigenvalue weighted by Crippen LogP contribution is -2.43. The average molecular weight is 330 g/mol. The van der Waals surface area contributed by atoms with Crippen molar-refractivity contribution < 1.29 is 13.9 Å². The first-order valence-electron chi connectivity index (χ1n) is 8.16. The maximum atomic E-state index is 12.3. The van der Waals surface area contributed by atoms with E-state index < -0.39 is 0 Å². The molecule has 1 unspecified atom stereocenters. The molecule has 1 N–H and O–H groups in total. The third kappa shape index (κ3) is 5.13. The fourth-order valence-electron chi connectivity index (χ4n) is 2.42. The molecule has 0 radical (unpaired) electrons. The molecule has 1 atom stereocenters. The number of amides is 1. The van der Waals surface area contributed by atoms with Gasteiger partial charge in [0.05, 0.1) is 19.7 Å². The third-order valence-electron chi connectivity index (χ3n) is 4.11. The Morgan fingerprint density at radius 2 is 1.96 bits per heavy atom. The molecule has 0 spiro atoms. The number of furan rings is 1. The summed E-state index contributed by atoms with van der Waals surface area (Å²) in [7, 11) is 3.57. The highest BCUT2D eigenvalue weighted by Crippen LogP contribution is 2.12. The quantitative estimate of drug-likeness (QED) is 0.809. The molecule has 0 saturated heterocycles. The van der Waals surface area contributed by atoms with Crippen molar-refractivity contribution in [1.82, 2.24) is 10.2 Å². The molecular formula is C19H26N2O3. The van der Waals surface area contributed by atoms with E-state index in [1.54, 1.807) is 7.11 Å². The average Bonchev–Trinajstić information content (AvgIpc) is 2.99. The normalized spacial score (nSPS) is 12.2. The number of methoxy groups -OCH3 is 1. The smallest absolute Gasteiger partial charge is 0.237 e. The molecule has 5 nitrogen and oxygen atoms in total. The Labute approximate surface area is 143 Å². The van der Waals surface area contributed by atoms with Crippen LogP contribution in [0.25, 0.3) is 0 Å². The molecule has 0 aliphatic carbocycles. The Morgan fingerprint density at radius 3 is 2.54 bits per heavy atom. The van der Waals surface area contributed by atoms with Gasteiger partial charge in [0.25, 0.3) is 0 Å². The number of rotatable bonds is 8. The summed E-state index contributed by atoms with van der Waals surface area (Å²) in [4.78, 5) is 14.2. The molecule has 1 aromatic heterocycles. The van der Waals surface area contributed by atoms with Crippen molar-refractivity contribution >= 4 is 5.91 Å². The Morgan fingerprint density at radius 1 is 1.25 bits per heavy atom. The van der Waals surface area contributed by atoms with Crippen LogP contribution in [-0.2, 0) is 17.8 Å². The topological polar surface area (TPSA) is 54.7 Å². The summed E-state index contributed by atoms with van der Waals surface area (Å²) in [6.07, 6.45) is 0.795. The number of likely N-dealkylation sites (N-methyl/N-ethyl adjacent to an activating group) is 1. The van der Waals surface area contributed by atoms with Crippen molar-refractivity contribution in [3.05, 3.63) is 53.5 Å². The molecule has 1 aromatic carbocycles. The lowest BCUT2D eigenvalue weighted by molar-refractivity contribution is -0.125. The van der Waals surface area contributed by atoms with Crippen molar-refractivity contribution in [3.63, 3.8) is 0 Å². The highest BCUT2D eigenvalue weighted by atomic mass is 16.5. The number of hydrogen-bond acceptors (Lipinski definition) is 4. The first-order valence-corrected chi connectivity index (χ1v) is 8.16. The van der Waals surface area contributed by atoms with Gasteiger partial charge in [0.2, 0.25) is 5.91 Å². The van der Waals surface area contributed by atoms with Crippen LogP contribution in [0.4, 0.5) is 0 Å². The van der Waals surface area contributed by atoms with E-state index >= 15 is 0 Å². The molecule has 1 amide bonds. The first-order chi connectivity index (χ1) is 11.5. The SMILES string of the molecule is COc1ccc(CCNC(=O)C(C)N(C)Cc2ccc(C)o2)cc1. The molecule has 24 heavy (non-hydrogen) atoms. The van der Waals surface area contributed by atoms with Gasteiger partial charge in [0.1, 0.15) is 17.3 Å². The lowest BCUT2D eigenvalue weighted by Gasteiger charge is -2.22. The zero-order valence-corrected chi connectivity index (χ0v) is 14.8. The molecule has 0 fully saturated rings. The summed E-state index contributed by atoms with van der Waals surface area (Å²) < 4.78 is 10.7. The molecule has 0 aliphatic heterocycles. The summed E-state index contributed by atoms with van der Waals surface area (Å²) >= 11 is 0. The van der Waals surface area contributed by atoms with Gasteiger partial charge in [-0.25, -0.2) is 0 Å². The van der Waals surface area contributed by atoms with Gasteiger partial charge >= 0.3 is 0 Å². The second kappa shape index (κ2) is 8.55. The summed E-state index contributed by atoms with van der Waals surface area (Å²) in [5.74, 6) is 2.61. The predicted molar refractivity (Wildman–Crippen MR) is 94.1 cm³/mol. The van der Waals surface area contributed by atoms with Crippen LogP contribution in [0.15, 0.2) is 40.8 Å². The van der Waals surface area contributed by atoms with Gasteiger partial charge in [-0.3, -0.25) is 9.69 Å². The third-order valence-corrected chi connectivity index (χ3v) is 4.11. The number of ether oxygens (including phenoxy) is 1. The van der Waals surface area contributed by atoms with Crippen molar-refractivity contribution in [2.45, 2.75) is 32.9 Å². The summed E-state index contributed by atoms with van der Waals surface area (Å²) in [6, 6.07) is 11.5. The Kier molecular flexibility index (Phi) is 6.44. The Hall–Kier alpha value is -2.27. The lowest BCUT2D eigenvalue weighted by atomic mass is 10.1.